The molecule has 5 nitrogen and oxygen atoms in total. The standard InChI is InChI=1S/C5H11NO4S/c1-5(2,3)4(7)10-6-11(8)9/h6H,1-3H3,(H,8,9)/p-1. The van der Waals surface area contributed by atoms with E-state index in [4.69, 9.17) is 0 Å². The monoisotopic (exact) mass is 180 g/mol. The fraction of sp³-hybridized carbons (Fsp3) is 0.800. The van der Waals surface area contributed by atoms with Crippen LogP contribution in [0.1, 0.15) is 20.8 Å². The molecule has 0 saturated carbocycles. The summed E-state index contributed by atoms with van der Waals surface area (Å²) in [5.74, 6) is -0.623. The summed E-state index contributed by atoms with van der Waals surface area (Å²) in [6.45, 7) is 4.85. The lowest BCUT2D eigenvalue weighted by molar-refractivity contribution is -0.156. The average Bonchev–Trinajstić information content (AvgIpc) is 1.80. The summed E-state index contributed by atoms with van der Waals surface area (Å²) in [6.07, 6.45) is 0. The first-order valence-electron chi connectivity index (χ1n) is 2.90. The molecule has 0 saturated heterocycles. The van der Waals surface area contributed by atoms with E-state index in [-0.39, 0.29) is 0 Å². The highest BCUT2D eigenvalue weighted by Gasteiger charge is 2.23. The second kappa shape index (κ2) is 3.80. The Balaban J connectivity index is 3.80. The lowest BCUT2D eigenvalue weighted by Gasteiger charge is -2.16. The predicted molar refractivity (Wildman–Crippen MR) is 37.6 cm³/mol. The van der Waals surface area contributed by atoms with Gasteiger partial charge in [-0.1, -0.05) is 4.89 Å². The molecule has 66 valence electrons. The Morgan fingerprint density at radius 1 is 1.55 bits per heavy atom. The topological polar surface area (TPSA) is 78.5 Å². The molecule has 0 spiro atoms. The molecule has 0 rings (SSSR count). The molecule has 0 aliphatic rings. The second-order valence-electron chi connectivity index (χ2n) is 2.96. The minimum absolute atomic E-state index is 0.623. The Labute approximate surface area is 67.5 Å². The van der Waals surface area contributed by atoms with Gasteiger partial charge in [-0.3, -0.25) is 4.21 Å². The normalized spacial score (nSPS) is 14.2. The van der Waals surface area contributed by atoms with Crippen LogP contribution in [0, 0.1) is 5.41 Å². The van der Waals surface area contributed by atoms with Crippen molar-refractivity contribution in [3.63, 3.8) is 0 Å². The summed E-state index contributed by atoms with van der Waals surface area (Å²) in [7, 11) is 0. The number of hydrogen-bond donors (Lipinski definition) is 1. The minimum atomic E-state index is -2.56. The van der Waals surface area contributed by atoms with E-state index in [2.05, 4.69) is 4.84 Å². The molecular formula is C5H10NO4S-. The average molecular weight is 180 g/mol. The molecule has 0 aliphatic carbocycles. The van der Waals surface area contributed by atoms with Crippen LogP contribution in [0.5, 0.6) is 0 Å². The van der Waals surface area contributed by atoms with E-state index in [0.29, 0.717) is 0 Å². The van der Waals surface area contributed by atoms with Gasteiger partial charge in [0.05, 0.1) is 16.7 Å². The lowest BCUT2D eigenvalue weighted by Crippen LogP contribution is -2.30. The Morgan fingerprint density at radius 2 is 2.00 bits per heavy atom. The SMILES string of the molecule is CC(C)(C)C(=O)ONS(=O)[O-]. The Kier molecular flexibility index (Phi) is 3.64. The molecule has 1 N–H and O–H groups in total. The molecule has 0 aromatic rings. The van der Waals surface area contributed by atoms with Gasteiger partial charge in [0.15, 0.2) is 0 Å². The van der Waals surface area contributed by atoms with Crippen LogP contribution >= 0.6 is 0 Å². The van der Waals surface area contributed by atoms with Crippen molar-refractivity contribution in [1.29, 1.82) is 0 Å². The van der Waals surface area contributed by atoms with Gasteiger partial charge in [-0.05, 0) is 20.8 Å². The summed E-state index contributed by atoms with van der Waals surface area (Å²) in [5, 5.41) is 0. The van der Waals surface area contributed by atoms with Crippen molar-refractivity contribution in [2.45, 2.75) is 20.8 Å². The highest BCUT2D eigenvalue weighted by atomic mass is 32.2. The number of rotatable bonds is 2. The van der Waals surface area contributed by atoms with Gasteiger partial charge in [-0.2, -0.15) is 0 Å². The third-order valence-corrected chi connectivity index (χ3v) is 1.03. The predicted octanol–water partition coefficient (Wildman–Crippen LogP) is -0.126. The smallest absolute Gasteiger partial charge is 0.331 e. The zero-order valence-corrected chi connectivity index (χ0v) is 7.36. The van der Waals surface area contributed by atoms with Crippen LogP contribution in [-0.4, -0.2) is 14.7 Å². The van der Waals surface area contributed by atoms with Crippen molar-refractivity contribution in [1.82, 2.24) is 4.89 Å². The quantitative estimate of drug-likeness (QED) is 0.474. The maximum atomic E-state index is 10.8. The highest BCUT2D eigenvalue weighted by Crippen LogP contribution is 2.13. The fourth-order valence-corrected chi connectivity index (χ4v) is 0.369. The van der Waals surface area contributed by atoms with E-state index >= 15 is 0 Å². The maximum absolute atomic E-state index is 10.8. The summed E-state index contributed by atoms with van der Waals surface area (Å²) >= 11 is -2.56. The van der Waals surface area contributed by atoms with Crippen molar-refractivity contribution in [2.75, 3.05) is 0 Å². The van der Waals surface area contributed by atoms with E-state index in [1.165, 1.54) is 4.89 Å². The van der Waals surface area contributed by atoms with Crippen LogP contribution in [0.4, 0.5) is 0 Å². The molecule has 6 heteroatoms. The molecule has 0 aliphatic heterocycles. The van der Waals surface area contributed by atoms with Crippen LogP contribution in [0.3, 0.4) is 0 Å². The number of nitrogens with one attached hydrogen (secondary N) is 1. The van der Waals surface area contributed by atoms with E-state index in [9.17, 15) is 13.6 Å². The van der Waals surface area contributed by atoms with Gasteiger partial charge in [-0.15, -0.1) is 0 Å². The van der Waals surface area contributed by atoms with Gasteiger partial charge < -0.3 is 9.39 Å². The molecule has 0 amide bonds. The maximum Gasteiger partial charge on any atom is 0.331 e. The third-order valence-electron chi connectivity index (χ3n) is 0.815. The summed E-state index contributed by atoms with van der Waals surface area (Å²) in [5.41, 5.74) is -0.702. The van der Waals surface area contributed by atoms with Crippen molar-refractivity contribution in [2.24, 2.45) is 5.41 Å². The summed E-state index contributed by atoms with van der Waals surface area (Å²) < 4.78 is 19.7. The lowest BCUT2D eigenvalue weighted by atomic mass is 9.98. The molecule has 11 heavy (non-hydrogen) atoms. The van der Waals surface area contributed by atoms with Crippen LogP contribution < -0.4 is 4.89 Å². The molecule has 0 heterocycles. The van der Waals surface area contributed by atoms with E-state index in [0.717, 1.165) is 0 Å². The summed E-state index contributed by atoms with van der Waals surface area (Å²) in [6, 6.07) is 0. The fourth-order valence-electron chi connectivity index (χ4n) is 0.225. The second-order valence-corrected chi connectivity index (χ2v) is 3.59. The number of carbonyl (C=O) groups excluding carboxylic acids is 1. The number of carbonyl (C=O) groups is 1. The van der Waals surface area contributed by atoms with Gasteiger partial charge >= 0.3 is 5.97 Å². The molecule has 0 bridgehead atoms. The van der Waals surface area contributed by atoms with Crippen LogP contribution in [0.2, 0.25) is 0 Å². The van der Waals surface area contributed by atoms with E-state index < -0.39 is 22.7 Å². The first-order chi connectivity index (χ1) is 4.84. The zero-order valence-electron chi connectivity index (χ0n) is 6.54. The molecule has 0 aromatic carbocycles. The van der Waals surface area contributed by atoms with Crippen LogP contribution in [0.15, 0.2) is 0 Å². The first-order valence-corrected chi connectivity index (χ1v) is 3.97. The molecule has 0 fully saturated rings. The van der Waals surface area contributed by atoms with Crippen molar-refractivity contribution < 1.29 is 18.4 Å². The van der Waals surface area contributed by atoms with E-state index in [1.807, 2.05) is 0 Å². The van der Waals surface area contributed by atoms with Gasteiger partial charge in [0, 0.05) is 0 Å². The molecule has 0 radical (unpaired) electrons. The van der Waals surface area contributed by atoms with Crippen molar-refractivity contribution in [3.8, 4) is 0 Å². The van der Waals surface area contributed by atoms with E-state index in [1.54, 1.807) is 20.8 Å². The van der Waals surface area contributed by atoms with Gasteiger partial charge in [0.1, 0.15) is 0 Å². The highest BCUT2D eigenvalue weighted by molar-refractivity contribution is 7.76. The third kappa shape index (κ3) is 4.88. The van der Waals surface area contributed by atoms with Crippen molar-refractivity contribution >= 4 is 17.2 Å². The Morgan fingerprint density at radius 3 is 2.27 bits per heavy atom. The van der Waals surface area contributed by atoms with Crippen LogP contribution in [-0.2, 0) is 20.9 Å². The van der Waals surface area contributed by atoms with Crippen molar-refractivity contribution in [3.05, 3.63) is 0 Å². The Hall–Kier alpha value is -0.460. The first kappa shape index (κ1) is 10.5. The Bertz CT molecular complexity index is 174. The molecule has 1 atom stereocenters. The number of hydrogen-bond acceptors (Lipinski definition) is 4. The van der Waals surface area contributed by atoms with Gasteiger partial charge in [0.2, 0.25) is 0 Å². The zero-order chi connectivity index (χ0) is 9.07. The van der Waals surface area contributed by atoms with Gasteiger partial charge in [-0.25, -0.2) is 4.79 Å². The molecule has 1 unspecified atom stereocenters. The van der Waals surface area contributed by atoms with Gasteiger partial charge in [0.25, 0.3) is 0 Å². The van der Waals surface area contributed by atoms with Crippen LogP contribution in [0.25, 0.3) is 0 Å². The molecule has 0 aromatic heterocycles. The minimum Gasteiger partial charge on any atom is -0.758 e. The summed E-state index contributed by atoms with van der Waals surface area (Å²) in [4.78, 5) is 16.5. The largest absolute Gasteiger partial charge is 0.758 e. The molecular weight excluding hydrogens is 170 g/mol.